The molecule has 48 heavy (non-hydrogen) atoms. The largest absolute Gasteiger partial charge is 0.498 e. The molecule has 0 bridgehead atoms. The third-order valence-electron chi connectivity index (χ3n) is 8.19. The Bertz CT molecular complexity index is 2450. The van der Waals surface area contributed by atoms with Gasteiger partial charge in [0.15, 0.2) is 11.4 Å². The third kappa shape index (κ3) is 7.12. The molecule has 7 aromatic rings. The molecule has 0 atom stereocenters. The van der Waals surface area contributed by atoms with Crippen molar-refractivity contribution in [1.29, 1.82) is 0 Å². The van der Waals surface area contributed by atoms with Gasteiger partial charge in [-0.1, -0.05) is 85.0 Å². The summed E-state index contributed by atoms with van der Waals surface area (Å²) in [4.78, 5) is 8.96. The molecule has 0 aliphatic carbocycles. The SMILES string of the molecule is Cc1cc(C)c(-c2ccnc(-c3[c-]ccc4c3oc3c(F)cccc34)c2)c(C)c1.[2H]C([2H])([2H])c1c[c-]c(-c2cc(C([2H])([2H])[2H])c([Si](C)(C)C)cn2)cc1.[Ir]. The average Bonchev–Trinajstić information content (AvgIpc) is 3.47. The van der Waals surface area contributed by atoms with Crippen LogP contribution in [0.25, 0.3) is 55.6 Å². The first-order valence-corrected chi connectivity index (χ1v) is 18.9. The molecule has 0 N–H and O–H groups in total. The quantitative estimate of drug-likeness (QED) is 0.131. The Balaban J connectivity index is 0.000000208. The van der Waals surface area contributed by atoms with Gasteiger partial charge in [0.25, 0.3) is 0 Å². The number of hydrogen-bond acceptors (Lipinski definition) is 3. The Kier molecular flexibility index (Phi) is 8.13. The molecular weight excluding hydrogens is 788 g/mol. The molecule has 6 heteroatoms. The van der Waals surface area contributed by atoms with Crippen LogP contribution in [0.3, 0.4) is 0 Å². The van der Waals surface area contributed by atoms with E-state index in [0.29, 0.717) is 22.4 Å². The van der Waals surface area contributed by atoms with E-state index in [1.54, 1.807) is 30.6 Å². The van der Waals surface area contributed by atoms with E-state index >= 15 is 0 Å². The molecule has 0 aliphatic heterocycles. The molecule has 0 saturated heterocycles. The second-order valence-corrected chi connectivity index (χ2v) is 17.9. The molecule has 1 radical (unpaired) electrons. The fourth-order valence-electron chi connectivity index (χ4n) is 6.06. The van der Waals surface area contributed by atoms with Crippen molar-refractivity contribution in [1.82, 2.24) is 9.97 Å². The van der Waals surface area contributed by atoms with Crippen molar-refractivity contribution in [3.8, 4) is 33.6 Å². The van der Waals surface area contributed by atoms with Crippen LogP contribution in [-0.2, 0) is 20.1 Å². The Morgan fingerprint density at radius 1 is 0.771 bits per heavy atom. The minimum absolute atomic E-state index is 0. The van der Waals surface area contributed by atoms with Crippen LogP contribution < -0.4 is 5.19 Å². The molecule has 0 saturated carbocycles. The zero-order valence-electron chi connectivity index (χ0n) is 33.7. The summed E-state index contributed by atoms with van der Waals surface area (Å²) in [6.07, 6.45) is 3.45. The van der Waals surface area contributed by atoms with Crippen molar-refractivity contribution in [3.05, 3.63) is 137 Å². The summed E-state index contributed by atoms with van der Waals surface area (Å²) in [5, 5.41) is 2.44. The molecule has 7 rings (SSSR count). The van der Waals surface area contributed by atoms with Gasteiger partial charge in [0.1, 0.15) is 0 Å². The number of hydrogen-bond donors (Lipinski definition) is 0. The smallest absolute Gasteiger partial charge is 0.165 e. The monoisotopic (exact) mass is 833 g/mol. The van der Waals surface area contributed by atoms with Gasteiger partial charge in [0.2, 0.25) is 0 Å². The van der Waals surface area contributed by atoms with Crippen LogP contribution in [0.4, 0.5) is 4.39 Å². The average molecular weight is 833 g/mol. The molecule has 245 valence electrons. The zero-order valence-corrected chi connectivity index (χ0v) is 31.1. The standard InChI is InChI=1S/C26H19FNO.C16H20NSi.Ir/c1-15-12-16(2)24(17(3)13-15)18-10-11-28-23(14-18)21-8-4-6-19-20-7-5-9-22(27)26(20)29-25(19)21;1-12-6-8-14(9-7-12)15-10-13(2)16(11-17-15)18(3,4)5;/h4-7,9-14H,1-3H3;6-8,10-11H,1-5H3;/q2*-1;/i;1D3,2D3;. The summed E-state index contributed by atoms with van der Waals surface area (Å²) < 4.78 is 65.8. The van der Waals surface area contributed by atoms with Gasteiger partial charge in [-0.05, 0) is 78.6 Å². The van der Waals surface area contributed by atoms with E-state index in [0.717, 1.165) is 32.8 Å². The van der Waals surface area contributed by atoms with Crippen molar-refractivity contribution in [2.45, 2.75) is 54.1 Å². The maximum Gasteiger partial charge on any atom is 0.165 e. The minimum atomic E-state index is -2.22. The van der Waals surface area contributed by atoms with Crippen LogP contribution in [0, 0.1) is 52.4 Å². The summed E-state index contributed by atoms with van der Waals surface area (Å²) in [7, 11) is -1.85. The van der Waals surface area contributed by atoms with Gasteiger partial charge in [-0.3, -0.25) is 0 Å². The van der Waals surface area contributed by atoms with Crippen LogP contribution in [0.2, 0.25) is 19.6 Å². The summed E-state index contributed by atoms with van der Waals surface area (Å²) in [5.41, 5.74) is 9.96. The van der Waals surface area contributed by atoms with E-state index in [2.05, 4.69) is 80.7 Å². The predicted octanol–water partition coefficient (Wildman–Crippen LogP) is 10.9. The number of aryl methyl sites for hydroxylation is 5. The first-order chi connectivity index (χ1) is 24.8. The van der Waals surface area contributed by atoms with Gasteiger partial charge < -0.3 is 14.4 Å². The van der Waals surface area contributed by atoms with Crippen molar-refractivity contribution in [2.24, 2.45) is 0 Å². The van der Waals surface area contributed by atoms with E-state index < -0.39 is 21.8 Å². The van der Waals surface area contributed by atoms with Gasteiger partial charge in [-0.25, -0.2) is 4.39 Å². The summed E-state index contributed by atoms with van der Waals surface area (Å²) in [6.45, 7) is 8.20. The number of aromatic nitrogens is 2. The fraction of sp³-hybridized carbons (Fsp3) is 0.190. The molecule has 3 heterocycles. The van der Waals surface area contributed by atoms with Crippen molar-refractivity contribution < 1.29 is 37.1 Å². The Labute approximate surface area is 306 Å². The molecule has 3 aromatic heterocycles. The Morgan fingerprint density at radius 3 is 2.23 bits per heavy atom. The first kappa shape index (κ1) is 27.7. The van der Waals surface area contributed by atoms with Crippen LogP contribution >= 0.6 is 0 Å². The van der Waals surface area contributed by atoms with Gasteiger partial charge in [0.05, 0.1) is 13.7 Å². The van der Waals surface area contributed by atoms with Gasteiger partial charge in [-0.2, -0.15) is 0 Å². The normalized spacial score (nSPS) is 13.6. The number of rotatable bonds is 4. The van der Waals surface area contributed by atoms with Gasteiger partial charge >= 0.3 is 0 Å². The molecule has 4 aromatic carbocycles. The van der Waals surface area contributed by atoms with E-state index in [1.165, 1.54) is 40.5 Å². The molecule has 0 aliphatic rings. The number of pyridine rings is 2. The first-order valence-electron chi connectivity index (χ1n) is 18.4. The maximum atomic E-state index is 14.2. The fourth-order valence-corrected chi connectivity index (χ4v) is 7.39. The summed E-state index contributed by atoms with van der Waals surface area (Å²) in [5.74, 6) is -0.364. The summed E-state index contributed by atoms with van der Waals surface area (Å²) >= 11 is 0. The number of fused-ring (bicyclic) bond motifs is 3. The second-order valence-electron chi connectivity index (χ2n) is 12.9. The maximum absolute atomic E-state index is 14.2. The van der Waals surface area contributed by atoms with E-state index in [1.807, 2.05) is 24.3 Å². The molecule has 0 spiro atoms. The molecule has 0 unspecified atom stereocenters. The molecule has 0 amide bonds. The van der Waals surface area contributed by atoms with Crippen molar-refractivity contribution in [3.63, 3.8) is 0 Å². The number of furan rings is 1. The van der Waals surface area contributed by atoms with E-state index in [9.17, 15) is 4.39 Å². The molecule has 3 nitrogen and oxygen atoms in total. The van der Waals surface area contributed by atoms with Crippen molar-refractivity contribution >= 4 is 35.2 Å². The molecular formula is C42H39FIrN2OSi-2. The van der Waals surface area contributed by atoms with Crippen LogP contribution in [0.15, 0.2) is 95.7 Å². The Morgan fingerprint density at radius 2 is 1.54 bits per heavy atom. The number of para-hydroxylation sites is 1. The zero-order chi connectivity index (χ0) is 38.5. The number of benzene rings is 4. The van der Waals surface area contributed by atoms with Gasteiger partial charge in [-0.15, -0.1) is 53.6 Å². The van der Waals surface area contributed by atoms with Crippen molar-refractivity contribution in [2.75, 3.05) is 0 Å². The minimum Gasteiger partial charge on any atom is -0.498 e. The summed E-state index contributed by atoms with van der Waals surface area (Å²) in [6, 6.07) is 29.4. The number of nitrogens with zero attached hydrogens (tertiary/aromatic N) is 2. The topological polar surface area (TPSA) is 38.9 Å². The van der Waals surface area contributed by atoms with E-state index in [-0.39, 0.29) is 37.1 Å². The Hall–Kier alpha value is -4.22. The molecule has 0 fully saturated rings. The van der Waals surface area contributed by atoms with Crippen LogP contribution in [0.5, 0.6) is 0 Å². The van der Waals surface area contributed by atoms with Crippen LogP contribution in [0.1, 0.15) is 36.0 Å². The predicted molar refractivity (Wildman–Crippen MR) is 196 cm³/mol. The van der Waals surface area contributed by atoms with E-state index in [4.69, 9.17) is 12.6 Å². The van der Waals surface area contributed by atoms with Crippen LogP contribution in [-0.4, -0.2) is 18.0 Å². The third-order valence-corrected chi connectivity index (χ3v) is 10.2. The van der Waals surface area contributed by atoms with Gasteiger partial charge in [0, 0.05) is 46.1 Å². The second kappa shape index (κ2) is 14.1. The number of halogens is 1.